The number of nitrogens with one attached hydrogen (secondary N) is 2. The number of amides is 1. The molecule has 2 N–H and O–H groups in total. The number of halogens is 1. The van der Waals surface area contributed by atoms with Gasteiger partial charge in [-0.05, 0) is 25.8 Å². The van der Waals surface area contributed by atoms with Crippen molar-refractivity contribution < 1.29 is 4.79 Å². The van der Waals surface area contributed by atoms with Crippen LogP contribution < -0.4 is 10.6 Å². The molecule has 1 saturated heterocycles. The van der Waals surface area contributed by atoms with E-state index in [1.165, 1.54) is 12.8 Å². The van der Waals surface area contributed by atoms with Crippen LogP contribution in [0.25, 0.3) is 0 Å². The van der Waals surface area contributed by atoms with E-state index in [9.17, 15) is 4.79 Å². The average Bonchev–Trinajstić information content (AvgIpc) is 2.88. The highest BCUT2D eigenvalue weighted by Gasteiger charge is 2.15. The van der Waals surface area contributed by atoms with Gasteiger partial charge in [-0.25, -0.2) is 0 Å². The molecule has 1 aliphatic rings. The van der Waals surface area contributed by atoms with Gasteiger partial charge in [-0.3, -0.25) is 9.48 Å². The molecule has 17 heavy (non-hydrogen) atoms. The Morgan fingerprint density at radius 2 is 2.53 bits per heavy atom. The van der Waals surface area contributed by atoms with Gasteiger partial charge in [0, 0.05) is 25.6 Å². The van der Waals surface area contributed by atoms with Gasteiger partial charge in [0.05, 0.1) is 6.20 Å². The third kappa shape index (κ3) is 4.02. The van der Waals surface area contributed by atoms with Crippen molar-refractivity contribution in [2.75, 3.05) is 11.9 Å². The lowest BCUT2D eigenvalue weighted by molar-refractivity contribution is -0.116. The quantitative estimate of drug-likeness (QED) is 0.856. The lowest BCUT2D eigenvalue weighted by Crippen LogP contribution is -2.24. The van der Waals surface area contributed by atoms with Crippen molar-refractivity contribution in [2.24, 2.45) is 7.05 Å². The monoisotopic (exact) mass is 258 g/mol. The van der Waals surface area contributed by atoms with Crippen molar-refractivity contribution >= 4 is 24.1 Å². The predicted molar refractivity (Wildman–Crippen MR) is 69.3 cm³/mol. The summed E-state index contributed by atoms with van der Waals surface area (Å²) >= 11 is 0. The first kappa shape index (κ1) is 14.0. The molecule has 96 valence electrons. The van der Waals surface area contributed by atoms with Gasteiger partial charge in [-0.1, -0.05) is 0 Å². The fourth-order valence-corrected chi connectivity index (χ4v) is 2.01. The predicted octanol–water partition coefficient (Wildman–Crippen LogP) is 1.31. The lowest BCUT2D eigenvalue weighted by atomic mass is 10.1. The van der Waals surface area contributed by atoms with Gasteiger partial charge >= 0.3 is 0 Å². The number of hydrogen-bond donors (Lipinski definition) is 2. The van der Waals surface area contributed by atoms with Gasteiger partial charge in [0.1, 0.15) is 5.82 Å². The Morgan fingerprint density at radius 3 is 3.12 bits per heavy atom. The molecule has 0 bridgehead atoms. The second-order valence-electron chi connectivity index (χ2n) is 4.22. The normalized spacial score (nSPS) is 18.8. The third-order valence-corrected chi connectivity index (χ3v) is 2.97. The molecular weight excluding hydrogens is 240 g/mol. The largest absolute Gasteiger partial charge is 0.314 e. The number of nitrogens with zero attached hydrogens (tertiary/aromatic N) is 2. The number of carbonyl (C=O) groups excluding carboxylic acids is 1. The second kappa shape index (κ2) is 6.61. The summed E-state index contributed by atoms with van der Waals surface area (Å²) in [5.41, 5.74) is 0. The molecule has 1 aromatic heterocycles. The topological polar surface area (TPSA) is 59.0 Å². The summed E-state index contributed by atoms with van der Waals surface area (Å²) in [5.74, 6) is 0.821. The molecule has 1 amide bonds. The van der Waals surface area contributed by atoms with Gasteiger partial charge in [-0.15, -0.1) is 12.4 Å². The molecule has 1 aromatic rings. The Hall–Kier alpha value is -1.07. The molecule has 1 unspecified atom stereocenters. The highest BCUT2D eigenvalue weighted by atomic mass is 35.5. The number of anilines is 1. The molecule has 1 atom stereocenters. The standard InChI is InChI=1S/C11H18N4O.ClH/c1-15-10(6-8-13-15)14-11(16)5-4-9-3-2-7-12-9;/h6,8-9,12H,2-5,7H2,1H3,(H,14,16);1H. The maximum absolute atomic E-state index is 11.6. The van der Waals surface area contributed by atoms with Gasteiger partial charge in [0.2, 0.25) is 5.91 Å². The van der Waals surface area contributed by atoms with Crippen molar-refractivity contribution in [2.45, 2.75) is 31.7 Å². The Bertz CT molecular complexity index is 360. The number of carbonyl (C=O) groups is 1. The van der Waals surface area contributed by atoms with Crippen LogP contribution in [0.5, 0.6) is 0 Å². The van der Waals surface area contributed by atoms with Crippen LogP contribution in [0.4, 0.5) is 5.82 Å². The fourth-order valence-electron chi connectivity index (χ4n) is 2.01. The minimum absolute atomic E-state index is 0. The zero-order valence-corrected chi connectivity index (χ0v) is 10.8. The van der Waals surface area contributed by atoms with Crippen LogP contribution >= 0.6 is 12.4 Å². The van der Waals surface area contributed by atoms with Crippen LogP contribution in [0.15, 0.2) is 12.3 Å². The van der Waals surface area contributed by atoms with E-state index in [2.05, 4.69) is 15.7 Å². The first-order valence-corrected chi connectivity index (χ1v) is 5.77. The molecule has 1 aliphatic heterocycles. The highest BCUT2D eigenvalue weighted by molar-refractivity contribution is 5.89. The van der Waals surface area contributed by atoms with Crippen molar-refractivity contribution in [3.63, 3.8) is 0 Å². The van der Waals surface area contributed by atoms with Gasteiger partial charge in [-0.2, -0.15) is 5.10 Å². The molecular formula is C11H19ClN4O. The molecule has 6 heteroatoms. The first-order valence-electron chi connectivity index (χ1n) is 5.77. The summed E-state index contributed by atoms with van der Waals surface area (Å²) in [6.07, 6.45) is 5.59. The van der Waals surface area contributed by atoms with Gasteiger partial charge < -0.3 is 10.6 Å². The van der Waals surface area contributed by atoms with Crippen LogP contribution in [-0.4, -0.2) is 28.3 Å². The summed E-state index contributed by atoms with van der Waals surface area (Å²) < 4.78 is 1.66. The molecule has 0 radical (unpaired) electrons. The highest BCUT2D eigenvalue weighted by Crippen LogP contribution is 2.11. The van der Waals surface area contributed by atoms with Crippen LogP contribution in [0, 0.1) is 0 Å². The van der Waals surface area contributed by atoms with E-state index < -0.39 is 0 Å². The lowest BCUT2D eigenvalue weighted by Gasteiger charge is -2.09. The average molecular weight is 259 g/mol. The minimum atomic E-state index is 0. The zero-order valence-electron chi connectivity index (χ0n) is 9.98. The van der Waals surface area contributed by atoms with Crippen molar-refractivity contribution in [3.8, 4) is 0 Å². The van der Waals surface area contributed by atoms with E-state index in [0.717, 1.165) is 18.8 Å². The Kier molecular flexibility index (Phi) is 5.44. The van der Waals surface area contributed by atoms with Crippen LogP contribution in [0.3, 0.4) is 0 Å². The summed E-state index contributed by atoms with van der Waals surface area (Å²) in [6.45, 7) is 1.09. The Balaban J connectivity index is 0.00000144. The minimum Gasteiger partial charge on any atom is -0.314 e. The smallest absolute Gasteiger partial charge is 0.225 e. The van der Waals surface area contributed by atoms with E-state index >= 15 is 0 Å². The first-order chi connectivity index (χ1) is 7.75. The molecule has 0 aliphatic carbocycles. The molecule has 2 rings (SSSR count). The molecule has 1 fully saturated rings. The maximum Gasteiger partial charge on any atom is 0.225 e. The molecule has 5 nitrogen and oxygen atoms in total. The van der Waals surface area contributed by atoms with E-state index in [1.54, 1.807) is 16.9 Å². The summed E-state index contributed by atoms with van der Waals surface area (Å²) in [4.78, 5) is 11.6. The van der Waals surface area contributed by atoms with E-state index in [4.69, 9.17) is 0 Å². The van der Waals surface area contributed by atoms with Crippen LogP contribution in [0.2, 0.25) is 0 Å². The van der Waals surface area contributed by atoms with Crippen LogP contribution in [0.1, 0.15) is 25.7 Å². The number of aromatic nitrogens is 2. The molecule has 0 saturated carbocycles. The summed E-state index contributed by atoms with van der Waals surface area (Å²) in [6, 6.07) is 2.32. The molecule has 0 spiro atoms. The molecule has 0 aromatic carbocycles. The Morgan fingerprint density at radius 1 is 1.71 bits per heavy atom. The van der Waals surface area contributed by atoms with Crippen LogP contribution in [-0.2, 0) is 11.8 Å². The fraction of sp³-hybridized carbons (Fsp3) is 0.636. The van der Waals surface area contributed by atoms with Crippen molar-refractivity contribution in [1.29, 1.82) is 0 Å². The second-order valence-corrected chi connectivity index (χ2v) is 4.22. The van der Waals surface area contributed by atoms with E-state index in [-0.39, 0.29) is 18.3 Å². The third-order valence-electron chi connectivity index (χ3n) is 2.97. The number of hydrogen-bond acceptors (Lipinski definition) is 3. The summed E-state index contributed by atoms with van der Waals surface area (Å²) in [5, 5.41) is 10.2. The maximum atomic E-state index is 11.6. The summed E-state index contributed by atoms with van der Waals surface area (Å²) in [7, 11) is 1.81. The molecule has 2 heterocycles. The number of rotatable bonds is 4. The van der Waals surface area contributed by atoms with E-state index in [1.807, 2.05) is 7.05 Å². The van der Waals surface area contributed by atoms with E-state index in [0.29, 0.717) is 12.5 Å². The van der Waals surface area contributed by atoms with Crippen molar-refractivity contribution in [1.82, 2.24) is 15.1 Å². The Labute approximate surface area is 107 Å². The number of aryl methyl sites for hydroxylation is 1. The SMILES string of the molecule is Cl.Cn1nccc1NC(=O)CCC1CCCN1. The zero-order chi connectivity index (χ0) is 11.4. The van der Waals surface area contributed by atoms with Gasteiger partial charge in [0.25, 0.3) is 0 Å². The van der Waals surface area contributed by atoms with Gasteiger partial charge in [0.15, 0.2) is 0 Å². The van der Waals surface area contributed by atoms with Crippen molar-refractivity contribution in [3.05, 3.63) is 12.3 Å².